The van der Waals surface area contributed by atoms with Crippen molar-refractivity contribution < 1.29 is 17.9 Å². The molecule has 1 aliphatic rings. The Hall–Kier alpha value is -1.81. The zero-order chi connectivity index (χ0) is 18.7. The van der Waals surface area contributed by atoms with Crippen molar-refractivity contribution in [1.29, 1.82) is 0 Å². The third-order valence-electron chi connectivity index (χ3n) is 4.42. The van der Waals surface area contributed by atoms with Crippen LogP contribution >= 0.6 is 11.3 Å². The summed E-state index contributed by atoms with van der Waals surface area (Å²) in [5.41, 5.74) is 3.31. The Balaban J connectivity index is 1.98. The van der Waals surface area contributed by atoms with Crippen molar-refractivity contribution in [3.63, 3.8) is 0 Å². The van der Waals surface area contributed by atoms with Gasteiger partial charge in [0.05, 0.1) is 18.7 Å². The van der Waals surface area contributed by atoms with Gasteiger partial charge in [-0.05, 0) is 17.5 Å². The minimum atomic E-state index is -3.87. The van der Waals surface area contributed by atoms with Gasteiger partial charge in [0.1, 0.15) is 0 Å². The molecule has 1 unspecified atom stereocenters. The zero-order valence-electron chi connectivity index (χ0n) is 14.6. The second-order valence-electron chi connectivity index (χ2n) is 5.91. The maximum Gasteiger partial charge on any atom is 0.358 e. The van der Waals surface area contributed by atoms with E-state index in [2.05, 4.69) is 22.0 Å². The number of benzene rings is 1. The minimum Gasteiger partial charge on any atom is -0.464 e. The number of esters is 1. The van der Waals surface area contributed by atoms with Crippen LogP contribution in [0.25, 0.3) is 0 Å². The molecule has 0 bridgehead atoms. The fourth-order valence-electron chi connectivity index (χ4n) is 2.99. The summed E-state index contributed by atoms with van der Waals surface area (Å²) >= 11 is 0.935. The van der Waals surface area contributed by atoms with Gasteiger partial charge in [0.15, 0.2) is 9.90 Å². The van der Waals surface area contributed by atoms with Crippen molar-refractivity contribution in [2.75, 3.05) is 26.7 Å². The molecule has 3 rings (SSSR count). The van der Waals surface area contributed by atoms with Crippen molar-refractivity contribution in [2.24, 2.45) is 0 Å². The summed E-state index contributed by atoms with van der Waals surface area (Å²) < 4.78 is 32.6. The topological polar surface area (TPSA) is 88.6 Å². The molecule has 1 atom stereocenters. The summed E-state index contributed by atoms with van der Waals surface area (Å²) in [5.74, 6) is -0.746. The standard InChI is InChI=1S/C17H21N3O4S2/c1-3-12-4-6-13(7-5-12)14-10-18-8-9-20(14)26(22,23)17-15(16(21)24-2)19-11-25-17/h4-7,11,14,18H,3,8-10H2,1-2H3. The first-order valence-corrected chi connectivity index (χ1v) is 10.6. The minimum absolute atomic E-state index is 0.0681. The number of carbonyl (C=O) groups is 1. The molecule has 1 N–H and O–H groups in total. The van der Waals surface area contributed by atoms with E-state index in [0.29, 0.717) is 19.6 Å². The molecule has 0 aliphatic carbocycles. The number of hydrogen-bond acceptors (Lipinski definition) is 7. The second kappa shape index (κ2) is 7.83. The molecule has 7 nitrogen and oxygen atoms in total. The Bertz CT molecular complexity index is 878. The Morgan fingerprint density at radius 1 is 1.38 bits per heavy atom. The predicted octanol–water partition coefficient (Wildman–Crippen LogP) is 1.83. The van der Waals surface area contributed by atoms with Gasteiger partial charge in [-0.1, -0.05) is 31.2 Å². The van der Waals surface area contributed by atoms with E-state index in [9.17, 15) is 13.2 Å². The molecule has 9 heteroatoms. The summed E-state index contributed by atoms with van der Waals surface area (Å²) in [5, 5.41) is 3.25. The Kier molecular flexibility index (Phi) is 5.71. The van der Waals surface area contributed by atoms with Crippen LogP contribution in [0.1, 0.15) is 34.6 Å². The van der Waals surface area contributed by atoms with Crippen molar-refractivity contribution in [3.05, 3.63) is 46.6 Å². The van der Waals surface area contributed by atoms with Crippen LogP contribution in [0.5, 0.6) is 0 Å². The van der Waals surface area contributed by atoms with E-state index in [0.717, 1.165) is 23.3 Å². The molecule has 26 heavy (non-hydrogen) atoms. The highest BCUT2D eigenvalue weighted by atomic mass is 32.2. The molecule has 0 radical (unpaired) electrons. The summed E-state index contributed by atoms with van der Waals surface area (Å²) in [4.78, 5) is 15.8. The van der Waals surface area contributed by atoms with Gasteiger partial charge in [-0.2, -0.15) is 4.31 Å². The lowest BCUT2D eigenvalue weighted by molar-refractivity contribution is 0.0590. The summed E-state index contributed by atoms with van der Waals surface area (Å²) in [7, 11) is -2.66. The van der Waals surface area contributed by atoms with Gasteiger partial charge in [-0.3, -0.25) is 0 Å². The number of nitrogens with one attached hydrogen (secondary N) is 1. The molecule has 0 amide bonds. The maximum atomic E-state index is 13.3. The lowest BCUT2D eigenvalue weighted by Crippen LogP contribution is -2.48. The van der Waals surface area contributed by atoms with Gasteiger partial charge in [0.2, 0.25) is 0 Å². The van der Waals surface area contributed by atoms with E-state index in [1.54, 1.807) is 0 Å². The maximum absolute atomic E-state index is 13.3. The Morgan fingerprint density at radius 3 is 2.77 bits per heavy atom. The van der Waals surface area contributed by atoms with Gasteiger partial charge in [-0.15, -0.1) is 11.3 Å². The normalized spacial score (nSPS) is 18.6. The molecule has 1 saturated heterocycles. The first kappa shape index (κ1) is 19.0. The Morgan fingerprint density at radius 2 is 2.12 bits per heavy atom. The number of piperazine rings is 1. The molecular formula is C17H21N3O4S2. The lowest BCUT2D eigenvalue weighted by atomic mass is 10.0. The van der Waals surface area contributed by atoms with Crippen LogP contribution in [-0.4, -0.2) is 50.4 Å². The van der Waals surface area contributed by atoms with E-state index in [1.165, 1.54) is 22.5 Å². The summed E-state index contributed by atoms with van der Waals surface area (Å²) in [6, 6.07) is 7.62. The second-order valence-corrected chi connectivity index (χ2v) is 8.85. The first-order valence-electron chi connectivity index (χ1n) is 8.32. The molecule has 1 aliphatic heterocycles. The van der Waals surface area contributed by atoms with Crippen molar-refractivity contribution in [1.82, 2.24) is 14.6 Å². The van der Waals surface area contributed by atoms with E-state index in [-0.39, 0.29) is 15.9 Å². The lowest BCUT2D eigenvalue weighted by Gasteiger charge is -2.35. The molecule has 1 aromatic carbocycles. The average Bonchev–Trinajstić information content (AvgIpc) is 3.18. The van der Waals surface area contributed by atoms with Gasteiger partial charge < -0.3 is 10.1 Å². The van der Waals surface area contributed by atoms with Gasteiger partial charge in [0.25, 0.3) is 10.0 Å². The monoisotopic (exact) mass is 395 g/mol. The first-order chi connectivity index (χ1) is 12.5. The third-order valence-corrected chi connectivity index (χ3v) is 7.68. The molecule has 0 spiro atoms. The van der Waals surface area contributed by atoms with Crippen molar-refractivity contribution >= 4 is 27.3 Å². The van der Waals surface area contributed by atoms with Crippen LogP contribution in [0.3, 0.4) is 0 Å². The van der Waals surface area contributed by atoms with E-state index in [4.69, 9.17) is 0 Å². The number of carbonyl (C=O) groups excluding carboxylic acids is 1. The van der Waals surface area contributed by atoms with Crippen LogP contribution in [-0.2, 0) is 21.2 Å². The van der Waals surface area contributed by atoms with Crippen LogP contribution in [0.2, 0.25) is 0 Å². The number of nitrogens with zero attached hydrogens (tertiary/aromatic N) is 2. The smallest absolute Gasteiger partial charge is 0.358 e. The number of sulfonamides is 1. The van der Waals surface area contributed by atoms with Gasteiger partial charge in [0, 0.05) is 19.6 Å². The van der Waals surface area contributed by atoms with Crippen LogP contribution < -0.4 is 5.32 Å². The van der Waals surface area contributed by atoms with Gasteiger partial charge >= 0.3 is 5.97 Å². The number of thiazole rings is 1. The quantitative estimate of drug-likeness (QED) is 0.777. The number of aromatic nitrogens is 1. The number of rotatable bonds is 5. The fraction of sp³-hybridized carbons (Fsp3) is 0.412. The largest absolute Gasteiger partial charge is 0.464 e. The molecule has 2 heterocycles. The molecular weight excluding hydrogens is 374 g/mol. The summed E-state index contributed by atoms with van der Waals surface area (Å²) in [6.45, 7) is 3.46. The van der Waals surface area contributed by atoms with E-state index >= 15 is 0 Å². The molecule has 0 saturated carbocycles. The highest BCUT2D eigenvalue weighted by Gasteiger charge is 2.38. The van der Waals surface area contributed by atoms with Crippen molar-refractivity contribution in [2.45, 2.75) is 23.6 Å². The number of ether oxygens (including phenoxy) is 1. The number of hydrogen-bond donors (Lipinski definition) is 1. The van der Waals surface area contributed by atoms with E-state index < -0.39 is 16.0 Å². The highest BCUT2D eigenvalue weighted by Crippen LogP contribution is 2.32. The molecule has 1 aromatic heterocycles. The van der Waals surface area contributed by atoms with Gasteiger partial charge in [-0.25, -0.2) is 18.2 Å². The zero-order valence-corrected chi connectivity index (χ0v) is 16.3. The average molecular weight is 396 g/mol. The van der Waals surface area contributed by atoms with E-state index in [1.807, 2.05) is 24.3 Å². The van der Waals surface area contributed by atoms with Crippen LogP contribution in [0.4, 0.5) is 0 Å². The highest BCUT2D eigenvalue weighted by molar-refractivity contribution is 7.91. The molecule has 1 fully saturated rings. The SMILES string of the molecule is CCc1ccc(C2CNCCN2S(=O)(=O)c2scnc2C(=O)OC)cc1. The molecule has 2 aromatic rings. The third kappa shape index (κ3) is 3.52. The van der Waals surface area contributed by atoms with Crippen molar-refractivity contribution in [3.8, 4) is 0 Å². The number of aryl methyl sites for hydroxylation is 1. The van der Waals surface area contributed by atoms with Crippen LogP contribution in [0, 0.1) is 0 Å². The molecule has 140 valence electrons. The van der Waals surface area contributed by atoms with Crippen LogP contribution in [0.15, 0.2) is 34.0 Å². The Labute approximate surface area is 157 Å². The number of methoxy groups -OCH3 is 1. The fourth-order valence-corrected chi connectivity index (χ4v) is 5.85. The predicted molar refractivity (Wildman–Crippen MR) is 98.8 cm³/mol. The summed E-state index contributed by atoms with van der Waals surface area (Å²) in [6.07, 6.45) is 0.925.